The summed E-state index contributed by atoms with van der Waals surface area (Å²) in [7, 11) is 1.98. The third-order valence-electron chi connectivity index (χ3n) is 4.77. The second-order valence-electron chi connectivity index (χ2n) is 6.52. The Labute approximate surface area is 146 Å². The fraction of sp³-hybridized carbons (Fsp3) is 0.588. The molecule has 25 heavy (non-hydrogen) atoms. The molecule has 3 heterocycles. The first-order chi connectivity index (χ1) is 12.1. The number of carbonyl (C=O) groups excluding carboxylic acids is 1. The Kier molecular flexibility index (Phi) is 5.25. The first-order valence-electron chi connectivity index (χ1n) is 8.85. The van der Waals surface area contributed by atoms with Gasteiger partial charge in [-0.25, -0.2) is 14.3 Å². The Bertz CT molecular complexity index is 801. The van der Waals surface area contributed by atoms with E-state index in [1.807, 2.05) is 30.7 Å². The molecule has 0 atom stereocenters. The summed E-state index contributed by atoms with van der Waals surface area (Å²) in [5.74, 6) is 0.889. The smallest absolute Gasteiger partial charge is 0.345 e. The van der Waals surface area contributed by atoms with Crippen molar-refractivity contribution in [2.24, 2.45) is 7.05 Å². The Morgan fingerprint density at radius 3 is 2.84 bits per heavy atom. The van der Waals surface area contributed by atoms with E-state index < -0.39 is 0 Å². The molecule has 0 radical (unpaired) electrons. The third kappa shape index (κ3) is 3.94. The van der Waals surface area contributed by atoms with Crippen LogP contribution < -0.4 is 16.3 Å². The molecule has 2 N–H and O–H groups in total. The summed E-state index contributed by atoms with van der Waals surface area (Å²) in [6.45, 7) is 4.32. The highest BCUT2D eigenvalue weighted by molar-refractivity contribution is 5.73. The fourth-order valence-electron chi connectivity index (χ4n) is 3.10. The standard InChI is InChI=1S/C17H26N6O2/c1-13-7-8-14(21(13)2)12-19-16(24)18-9-5-11-23-17(25)22-10-4-3-6-15(22)20-23/h7-8H,3-6,9-12H2,1-2H3,(H2,18,19,24). The highest BCUT2D eigenvalue weighted by Gasteiger charge is 2.16. The van der Waals surface area contributed by atoms with Crippen LogP contribution in [-0.2, 0) is 33.1 Å². The molecule has 136 valence electrons. The zero-order chi connectivity index (χ0) is 17.8. The Hall–Kier alpha value is -2.51. The maximum atomic E-state index is 12.2. The van der Waals surface area contributed by atoms with Gasteiger partial charge in [0.2, 0.25) is 0 Å². The van der Waals surface area contributed by atoms with Crippen LogP contribution in [0.25, 0.3) is 0 Å². The van der Waals surface area contributed by atoms with Crippen molar-refractivity contribution in [2.45, 2.75) is 52.2 Å². The van der Waals surface area contributed by atoms with E-state index in [1.54, 1.807) is 4.57 Å². The molecular weight excluding hydrogens is 320 g/mol. The number of nitrogens with zero attached hydrogens (tertiary/aromatic N) is 4. The van der Waals surface area contributed by atoms with Crippen molar-refractivity contribution in [1.29, 1.82) is 0 Å². The highest BCUT2D eigenvalue weighted by Crippen LogP contribution is 2.09. The number of aromatic nitrogens is 4. The lowest BCUT2D eigenvalue weighted by Crippen LogP contribution is -2.36. The van der Waals surface area contributed by atoms with Gasteiger partial charge in [-0.3, -0.25) is 4.57 Å². The number of carbonyl (C=O) groups is 1. The minimum atomic E-state index is -0.199. The average Bonchev–Trinajstić information content (AvgIpc) is 3.11. The zero-order valence-corrected chi connectivity index (χ0v) is 14.9. The number of urea groups is 1. The number of rotatable bonds is 6. The lowest BCUT2D eigenvalue weighted by molar-refractivity contribution is 0.240. The number of amides is 2. The summed E-state index contributed by atoms with van der Waals surface area (Å²) < 4.78 is 5.34. The van der Waals surface area contributed by atoms with E-state index in [-0.39, 0.29) is 11.7 Å². The van der Waals surface area contributed by atoms with Gasteiger partial charge in [-0.2, -0.15) is 5.10 Å². The molecule has 2 amide bonds. The molecule has 0 saturated heterocycles. The summed E-state index contributed by atoms with van der Waals surface area (Å²) in [6, 6.07) is 3.83. The monoisotopic (exact) mass is 346 g/mol. The molecular formula is C17H26N6O2. The van der Waals surface area contributed by atoms with Crippen LogP contribution in [0.1, 0.15) is 36.5 Å². The minimum Gasteiger partial charge on any atom is -0.350 e. The van der Waals surface area contributed by atoms with Crippen LogP contribution in [0.4, 0.5) is 4.79 Å². The van der Waals surface area contributed by atoms with Crippen molar-refractivity contribution in [3.8, 4) is 0 Å². The van der Waals surface area contributed by atoms with Gasteiger partial charge in [0.15, 0.2) is 0 Å². The highest BCUT2D eigenvalue weighted by atomic mass is 16.2. The van der Waals surface area contributed by atoms with Crippen molar-refractivity contribution >= 4 is 6.03 Å². The van der Waals surface area contributed by atoms with Crippen LogP contribution in [0, 0.1) is 6.92 Å². The van der Waals surface area contributed by atoms with E-state index in [0.717, 1.165) is 43.0 Å². The summed E-state index contributed by atoms with van der Waals surface area (Å²) in [4.78, 5) is 24.0. The van der Waals surface area contributed by atoms with Gasteiger partial charge in [0.1, 0.15) is 5.82 Å². The molecule has 1 aliphatic rings. The quantitative estimate of drug-likeness (QED) is 0.763. The van der Waals surface area contributed by atoms with Gasteiger partial charge in [-0.1, -0.05) is 0 Å². The number of fused-ring (bicyclic) bond motifs is 1. The summed E-state index contributed by atoms with van der Waals surface area (Å²) >= 11 is 0. The van der Waals surface area contributed by atoms with Gasteiger partial charge >= 0.3 is 11.7 Å². The van der Waals surface area contributed by atoms with Crippen LogP contribution in [0.15, 0.2) is 16.9 Å². The first kappa shape index (κ1) is 17.3. The van der Waals surface area contributed by atoms with Crippen molar-refractivity contribution in [1.82, 2.24) is 29.5 Å². The van der Waals surface area contributed by atoms with Crippen molar-refractivity contribution in [3.63, 3.8) is 0 Å². The number of hydrogen-bond donors (Lipinski definition) is 2. The predicted molar refractivity (Wildman–Crippen MR) is 94.4 cm³/mol. The summed E-state index contributed by atoms with van der Waals surface area (Å²) in [6.07, 6.45) is 3.69. The molecule has 3 rings (SSSR count). The van der Waals surface area contributed by atoms with Crippen LogP contribution >= 0.6 is 0 Å². The van der Waals surface area contributed by atoms with Gasteiger partial charge in [-0.05, 0) is 38.3 Å². The van der Waals surface area contributed by atoms with Crippen LogP contribution in [-0.4, -0.2) is 31.5 Å². The maximum absolute atomic E-state index is 12.2. The number of hydrogen-bond acceptors (Lipinski definition) is 3. The molecule has 8 nitrogen and oxygen atoms in total. The van der Waals surface area contributed by atoms with E-state index >= 15 is 0 Å². The Morgan fingerprint density at radius 2 is 2.12 bits per heavy atom. The van der Waals surface area contributed by atoms with Crippen molar-refractivity contribution < 1.29 is 4.79 Å². The third-order valence-corrected chi connectivity index (χ3v) is 4.77. The van der Waals surface area contributed by atoms with E-state index in [9.17, 15) is 9.59 Å². The molecule has 0 unspecified atom stereocenters. The topological polar surface area (TPSA) is 85.9 Å². The van der Waals surface area contributed by atoms with E-state index in [4.69, 9.17) is 0 Å². The second kappa shape index (κ2) is 7.58. The molecule has 2 aromatic heterocycles. The van der Waals surface area contributed by atoms with Crippen LogP contribution in [0.2, 0.25) is 0 Å². The van der Waals surface area contributed by atoms with E-state index in [2.05, 4.69) is 15.7 Å². The van der Waals surface area contributed by atoms with Crippen LogP contribution in [0.5, 0.6) is 0 Å². The lowest BCUT2D eigenvalue weighted by Gasteiger charge is -2.09. The lowest BCUT2D eigenvalue weighted by atomic mass is 10.2. The molecule has 0 fully saturated rings. The maximum Gasteiger partial charge on any atom is 0.345 e. The van der Waals surface area contributed by atoms with Crippen molar-refractivity contribution in [3.05, 3.63) is 39.8 Å². The predicted octanol–water partition coefficient (Wildman–Crippen LogP) is 0.918. The van der Waals surface area contributed by atoms with E-state index in [1.165, 1.54) is 4.68 Å². The first-order valence-corrected chi connectivity index (χ1v) is 8.85. The number of nitrogens with one attached hydrogen (secondary N) is 2. The summed E-state index contributed by atoms with van der Waals surface area (Å²) in [5.41, 5.74) is 2.19. The second-order valence-corrected chi connectivity index (χ2v) is 6.52. The van der Waals surface area contributed by atoms with E-state index in [0.29, 0.717) is 26.1 Å². The number of aryl methyl sites for hydroxylation is 3. The summed E-state index contributed by atoms with van der Waals surface area (Å²) in [5, 5.41) is 10.1. The Morgan fingerprint density at radius 1 is 1.28 bits per heavy atom. The van der Waals surface area contributed by atoms with Gasteiger partial charge in [0.05, 0.1) is 6.54 Å². The van der Waals surface area contributed by atoms with Gasteiger partial charge in [0.25, 0.3) is 0 Å². The van der Waals surface area contributed by atoms with Crippen molar-refractivity contribution in [2.75, 3.05) is 6.54 Å². The zero-order valence-electron chi connectivity index (χ0n) is 14.9. The molecule has 0 aromatic carbocycles. The van der Waals surface area contributed by atoms with Gasteiger partial charge in [0, 0.05) is 44.5 Å². The molecule has 8 heteroatoms. The minimum absolute atomic E-state index is 0.0294. The molecule has 0 spiro atoms. The Balaban J connectivity index is 1.40. The van der Waals surface area contributed by atoms with Crippen LogP contribution in [0.3, 0.4) is 0 Å². The molecule has 0 saturated carbocycles. The molecule has 1 aliphatic heterocycles. The SMILES string of the molecule is Cc1ccc(CNC(=O)NCCCn2nc3n(c2=O)CCCC3)n1C. The fourth-order valence-corrected chi connectivity index (χ4v) is 3.10. The molecule has 0 aliphatic carbocycles. The molecule has 0 bridgehead atoms. The average molecular weight is 346 g/mol. The van der Waals surface area contributed by atoms with Gasteiger partial charge in [-0.15, -0.1) is 0 Å². The normalized spacial score (nSPS) is 13.5. The molecule has 2 aromatic rings. The van der Waals surface area contributed by atoms with Gasteiger partial charge < -0.3 is 15.2 Å². The largest absolute Gasteiger partial charge is 0.350 e.